The number of aliphatic hydroxyl groups is 1. The van der Waals surface area contributed by atoms with E-state index in [1.807, 2.05) is 38.1 Å². The number of aromatic nitrogens is 2. The number of nitrogens with one attached hydrogen (secondary N) is 1. The molecule has 1 aromatic carbocycles. The van der Waals surface area contributed by atoms with Crippen LogP contribution in [-0.4, -0.2) is 113 Å². The van der Waals surface area contributed by atoms with E-state index in [2.05, 4.69) is 15.1 Å². The summed E-state index contributed by atoms with van der Waals surface area (Å²) in [5.74, 6) is 0. The third-order valence-electron chi connectivity index (χ3n) is 8.40. The Morgan fingerprint density at radius 2 is 1.63 bits per heavy atom. The van der Waals surface area contributed by atoms with Crippen molar-refractivity contribution in [1.29, 1.82) is 0 Å². The minimum Gasteiger partial charge on any atom is -0.390 e. The monoisotopic (exact) mass is 548 g/mol. The molecule has 4 heterocycles. The van der Waals surface area contributed by atoms with E-state index >= 15 is 0 Å². The first-order valence-electron chi connectivity index (χ1n) is 13.7. The van der Waals surface area contributed by atoms with Crippen molar-refractivity contribution in [3.63, 3.8) is 0 Å². The van der Waals surface area contributed by atoms with Crippen molar-refractivity contribution in [3.8, 4) is 0 Å². The molecule has 3 aliphatic heterocycles. The third kappa shape index (κ3) is 5.42. The van der Waals surface area contributed by atoms with Crippen LogP contribution >= 0.6 is 0 Å². The highest BCUT2D eigenvalue weighted by atomic mass is 32.2. The zero-order chi connectivity index (χ0) is 27.2. The standard InChI is InChI=1S/C26H40N6O5S/c1-18(2)31-23-6-4-5-7-24(23)32(26(31)35)25(34)27-19-14-20-8-9-21(15-19)30(20)17-22(33)16-28-10-12-29(13-11-28)38(3,36)37/h4-7,18-22,33H,8-17H2,1-3H3,(H,27,34)/t19-,20-,21+,22?. The molecule has 0 aliphatic carbocycles. The van der Waals surface area contributed by atoms with Crippen LogP contribution in [0.4, 0.5) is 4.79 Å². The van der Waals surface area contributed by atoms with Gasteiger partial charge < -0.3 is 10.4 Å². The third-order valence-corrected chi connectivity index (χ3v) is 9.70. The van der Waals surface area contributed by atoms with E-state index in [1.165, 1.54) is 15.1 Å². The van der Waals surface area contributed by atoms with Gasteiger partial charge in [-0.15, -0.1) is 0 Å². The number of hydrogen-bond acceptors (Lipinski definition) is 7. The summed E-state index contributed by atoms with van der Waals surface area (Å²) < 4.78 is 27.9. The molecule has 1 amide bonds. The van der Waals surface area contributed by atoms with E-state index in [4.69, 9.17) is 0 Å². The molecule has 210 valence electrons. The molecule has 5 rings (SSSR count). The zero-order valence-electron chi connectivity index (χ0n) is 22.5. The van der Waals surface area contributed by atoms with Gasteiger partial charge in [-0.2, -0.15) is 4.31 Å². The minimum atomic E-state index is -3.17. The minimum absolute atomic E-state index is 0.0227. The first-order chi connectivity index (χ1) is 18.0. The Hall–Kier alpha value is -2.25. The molecule has 11 nitrogen and oxygen atoms in total. The molecule has 2 N–H and O–H groups in total. The number of carbonyl (C=O) groups excluding carboxylic acids is 1. The largest absolute Gasteiger partial charge is 0.390 e. The highest BCUT2D eigenvalue weighted by Gasteiger charge is 2.42. The molecule has 3 saturated heterocycles. The van der Waals surface area contributed by atoms with Gasteiger partial charge in [-0.1, -0.05) is 12.1 Å². The number of nitrogens with zero attached hydrogens (tertiary/aromatic N) is 5. The van der Waals surface area contributed by atoms with Crippen LogP contribution in [0.2, 0.25) is 0 Å². The number of para-hydroxylation sites is 2. The molecule has 0 saturated carbocycles. The number of sulfonamides is 1. The maximum Gasteiger partial charge on any atom is 0.337 e. The van der Waals surface area contributed by atoms with Crippen molar-refractivity contribution >= 4 is 27.1 Å². The number of piperazine rings is 1. The summed E-state index contributed by atoms with van der Waals surface area (Å²) in [5, 5.41) is 14.0. The molecule has 1 unspecified atom stereocenters. The highest BCUT2D eigenvalue weighted by molar-refractivity contribution is 7.88. The number of benzene rings is 1. The van der Waals surface area contributed by atoms with E-state index in [0.29, 0.717) is 44.8 Å². The molecule has 4 atom stereocenters. The normalized spacial score (nSPS) is 26.3. The second-order valence-corrected chi connectivity index (χ2v) is 13.4. The molecular weight excluding hydrogens is 508 g/mol. The average molecular weight is 549 g/mol. The molecule has 3 fully saturated rings. The predicted molar refractivity (Wildman–Crippen MR) is 146 cm³/mol. The molecule has 2 aromatic rings. The van der Waals surface area contributed by atoms with E-state index < -0.39 is 16.1 Å². The van der Waals surface area contributed by atoms with Crippen molar-refractivity contribution in [2.45, 2.75) is 69.8 Å². The maximum atomic E-state index is 13.3. The fourth-order valence-electron chi connectivity index (χ4n) is 6.64. The maximum absolute atomic E-state index is 13.3. The van der Waals surface area contributed by atoms with Crippen LogP contribution in [0.5, 0.6) is 0 Å². The summed E-state index contributed by atoms with van der Waals surface area (Å²) in [6, 6.07) is 7.50. The van der Waals surface area contributed by atoms with Gasteiger partial charge in [-0.05, 0) is 51.7 Å². The SMILES string of the molecule is CC(C)n1c(=O)n(C(=O)N[C@@H]2C[C@H]3CC[C@@H](C2)N3CC(O)CN2CCN(S(C)(=O)=O)CC2)c2ccccc21. The van der Waals surface area contributed by atoms with Gasteiger partial charge >= 0.3 is 11.7 Å². The van der Waals surface area contributed by atoms with Gasteiger partial charge in [-0.25, -0.2) is 22.6 Å². The molecule has 1 aromatic heterocycles. The highest BCUT2D eigenvalue weighted by Crippen LogP contribution is 2.36. The van der Waals surface area contributed by atoms with Gasteiger partial charge in [-0.3, -0.25) is 14.4 Å². The molecule has 3 aliphatic rings. The Balaban J connectivity index is 1.18. The molecule has 2 bridgehead atoms. The van der Waals surface area contributed by atoms with Gasteiger partial charge in [0, 0.05) is 63.4 Å². The summed E-state index contributed by atoms with van der Waals surface area (Å²) in [4.78, 5) is 31.0. The van der Waals surface area contributed by atoms with Gasteiger partial charge in [0.2, 0.25) is 10.0 Å². The van der Waals surface area contributed by atoms with E-state index in [9.17, 15) is 23.1 Å². The average Bonchev–Trinajstić information content (AvgIpc) is 3.26. The Labute approximate surface area is 224 Å². The van der Waals surface area contributed by atoms with Crippen LogP contribution in [0.25, 0.3) is 11.0 Å². The van der Waals surface area contributed by atoms with Crippen molar-refractivity contribution in [1.82, 2.24) is 28.6 Å². The summed E-state index contributed by atoms with van der Waals surface area (Å²) in [5.41, 5.74) is 1.05. The topological polar surface area (TPSA) is 120 Å². The van der Waals surface area contributed by atoms with Crippen molar-refractivity contribution in [2.75, 3.05) is 45.5 Å². The molecule has 0 radical (unpaired) electrons. The smallest absolute Gasteiger partial charge is 0.337 e. The predicted octanol–water partition coefficient (Wildman–Crippen LogP) is 0.875. The number of piperidine rings is 1. The van der Waals surface area contributed by atoms with Gasteiger partial charge in [0.25, 0.3) is 0 Å². The quantitative estimate of drug-likeness (QED) is 0.527. The first kappa shape index (κ1) is 27.3. The molecular formula is C26H40N6O5S. The lowest BCUT2D eigenvalue weighted by Gasteiger charge is -2.41. The van der Waals surface area contributed by atoms with E-state index in [1.54, 1.807) is 4.57 Å². The summed E-state index contributed by atoms with van der Waals surface area (Å²) >= 11 is 0. The molecule has 0 spiro atoms. The second kappa shape index (κ2) is 10.7. The van der Waals surface area contributed by atoms with Crippen LogP contribution in [0, 0.1) is 0 Å². The van der Waals surface area contributed by atoms with Crippen LogP contribution < -0.4 is 11.0 Å². The second-order valence-electron chi connectivity index (χ2n) is 11.4. The number of carbonyl (C=O) groups is 1. The fraction of sp³-hybridized carbons (Fsp3) is 0.692. The number of aliphatic hydroxyl groups excluding tert-OH is 1. The van der Waals surface area contributed by atoms with Crippen LogP contribution in [0.15, 0.2) is 29.1 Å². The van der Waals surface area contributed by atoms with Crippen molar-refractivity contribution in [3.05, 3.63) is 34.7 Å². The fourth-order valence-corrected chi connectivity index (χ4v) is 7.46. The zero-order valence-corrected chi connectivity index (χ0v) is 23.3. The van der Waals surface area contributed by atoms with Gasteiger partial charge in [0.05, 0.1) is 23.4 Å². The lowest BCUT2D eigenvalue weighted by Crippen LogP contribution is -2.55. The van der Waals surface area contributed by atoms with Crippen molar-refractivity contribution < 1.29 is 18.3 Å². The number of rotatable bonds is 7. The van der Waals surface area contributed by atoms with Gasteiger partial charge in [0.15, 0.2) is 0 Å². The Kier molecular flexibility index (Phi) is 7.71. The lowest BCUT2D eigenvalue weighted by molar-refractivity contribution is 0.0287. The van der Waals surface area contributed by atoms with Crippen LogP contribution in [0.3, 0.4) is 0 Å². The Bertz CT molecular complexity index is 1320. The number of fused-ring (bicyclic) bond motifs is 3. The number of hydrogen-bond donors (Lipinski definition) is 2. The first-order valence-corrected chi connectivity index (χ1v) is 15.5. The van der Waals surface area contributed by atoms with Crippen molar-refractivity contribution in [2.24, 2.45) is 0 Å². The van der Waals surface area contributed by atoms with Gasteiger partial charge in [0.1, 0.15) is 0 Å². The molecule has 38 heavy (non-hydrogen) atoms. The number of imidazole rings is 1. The van der Waals surface area contributed by atoms with Crippen LogP contribution in [-0.2, 0) is 10.0 Å². The van der Waals surface area contributed by atoms with Crippen LogP contribution in [0.1, 0.15) is 45.6 Å². The van der Waals surface area contributed by atoms with E-state index in [0.717, 1.165) is 31.2 Å². The number of amides is 1. The summed E-state index contributed by atoms with van der Waals surface area (Å²) in [6.45, 7) is 7.14. The number of β-amino-alcohol motifs (C(OH)–C–C–N with tert-alkyl or cyclic N) is 1. The lowest BCUT2D eigenvalue weighted by atomic mass is 9.97. The summed E-state index contributed by atoms with van der Waals surface area (Å²) in [6.07, 6.45) is 4.36. The summed E-state index contributed by atoms with van der Waals surface area (Å²) in [7, 11) is -3.17. The molecule has 12 heteroatoms. The Morgan fingerprint density at radius 1 is 1.03 bits per heavy atom. The Morgan fingerprint density at radius 3 is 2.21 bits per heavy atom. The van der Waals surface area contributed by atoms with E-state index in [-0.39, 0.29) is 35.9 Å².